The molecular formula is C14H23N3O3. The molecule has 112 valence electrons. The summed E-state index contributed by atoms with van der Waals surface area (Å²) >= 11 is 0. The van der Waals surface area contributed by atoms with Gasteiger partial charge in [0.05, 0.1) is 0 Å². The number of carbonyl (C=O) groups excluding carboxylic acids is 1. The largest absolute Gasteiger partial charge is 0.396 e. The maximum Gasteiger partial charge on any atom is 0.226 e. The number of aromatic nitrogens is 1. The molecule has 1 amide bonds. The second-order valence-corrected chi connectivity index (χ2v) is 5.97. The summed E-state index contributed by atoms with van der Waals surface area (Å²) in [6.45, 7) is 6.63. The number of hydrogen-bond acceptors (Lipinski definition) is 5. The van der Waals surface area contributed by atoms with Crippen LogP contribution < -0.4 is 5.32 Å². The van der Waals surface area contributed by atoms with Gasteiger partial charge in [0, 0.05) is 37.6 Å². The van der Waals surface area contributed by atoms with Crippen molar-refractivity contribution < 1.29 is 14.4 Å². The van der Waals surface area contributed by atoms with Crippen molar-refractivity contribution in [2.24, 2.45) is 5.41 Å². The summed E-state index contributed by atoms with van der Waals surface area (Å²) in [5, 5.41) is 15.9. The van der Waals surface area contributed by atoms with Crippen LogP contribution in [0.1, 0.15) is 31.9 Å². The zero-order valence-electron chi connectivity index (χ0n) is 12.2. The van der Waals surface area contributed by atoms with Gasteiger partial charge in [0.25, 0.3) is 0 Å². The van der Waals surface area contributed by atoms with Crippen LogP contribution in [0.25, 0.3) is 0 Å². The van der Waals surface area contributed by atoms with E-state index in [9.17, 15) is 9.90 Å². The van der Waals surface area contributed by atoms with E-state index in [0.717, 1.165) is 25.9 Å². The normalized spacial score (nSPS) is 23.8. The van der Waals surface area contributed by atoms with Gasteiger partial charge in [0.2, 0.25) is 5.91 Å². The molecule has 6 heteroatoms. The molecule has 0 radical (unpaired) electrons. The van der Waals surface area contributed by atoms with Crippen molar-refractivity contribution in [3.8, 4) is 0 Å². The number of hydrogen-bond donors (Lipinski definition) is 2. The van der Waals surface area contributed by atoms with Gasteiger partial charge < -0.3 is 19.8 Å². The molecule has 2 N–H and O–H groups in total. The molecule has 20 heavy (non-hydrogen) atoms. The highest BCUT2D eigenvalue weighted by Gasteiger charge is 2.30. The minimum atomic E-state index is -0.0606. The second kappa shape index (κ2) is 6.37. The van der Waals surface area contributed by atoms with E-state index in [4.69, 9.17) is 4.52 Å². The molecule has 1 fully saturated rings. The molecule has 1 atom stereocenters. The number of piperidine rings is 1. The first-order chi connectivity index (χ1) is 9.50. The fraction of sp³-hybridized carbons (Fsp3) is 0.714. The van der Waals surface area contributed by atoms with Gasteiger partial charge in [0.1, 0.15) is 5.76 Å². The third-order valence-corrected chi connectivity index (χ3v) is 3.79. The van der Waals surface area contributed by atoms with Crippen LogP contribution in [0.2, 0.25) is 0 Å². The molecule has 2 heterocycles. The van der Waals surface area contributed by atoms with Crippen molar-refractivity contribution in [3.05, 3.63) is 11.8 Å². The molecule has 0 aromatic carbocycles. The Balaban J connectivity index is 1.75. The predicted octanol–water partition coefficient (Wildman–Crippen LogP) is 1.41. The summed E-state index contributed by atoms with van der Waals surface area (Å²) in [6, 6.07) is 1.70. The highest BCUT2D eigenvalue weighted by molar-refractivity contribution is 5.89. The quantitative estimate of drug-likeness (QED) is 0.853. The number of nitrogens with one attached hydrogen (secondary N) is 1. The molecule has 1 aromatic heterocycles. The van der Waals surface area contributed by atoms with Gasteiger partial charge in [-0.3, -0.25) is 4.79 Å². The van der Waals surface area contributed by atoms with Crippen molar-refractivity contribution >= 4 is 11.7 Å². The minimum Gasteiger partial charge on any atom is -0.396 e. The van der Waals surface area contributed by atoms with Crippen molar-refractivity contribution in [2.75, 3.05) is 31.6 Å². The average molecular weight is 281 g/mol. The zero-order chi connectivity index (χ0) is 14.6. The van der Waals surface area contributed by atoms with E-state index in [-0.39, 0.29) is 17.9 Å². The molecule has 0 spiro atoms. The summed E-state index contributed by atoms with van der Waals surface area (Å²) in [7, 11) is 0. The van der Waals surface area contributed by atoms with E-state index in [2.05, 4.69) is 22.3 Å². The molecule has 0 bridgehead atoms. The molecule has 0 saturated carbocycles. The second-order valence-electron chi connectivity index (χ2n) is 5.97. The van der Waals surface area contributed by atoms with E-state index < -0.39 is 0 Å². The number of aliphatic hydroxyl groups excluding tert-OH is 1. The van der Waals surface area contributed by atoms with Crippen LogP contribution in [0, 0.1) is 12.3 Å². The lowest BCUT2D eigenvalue weighted by molar-refractivity contribution is -0.116. The van der Waals surface area contributed by atoms with Gasteiger partial charge in [-0.25, -0.2) is 0 Å². The highest BCUT2D eigenvalue weighted by Crippen LogP contribution is 2.28. The Morgan fingerprint density at radius 3 is 3.10 bits per heavy atom. The Morgan fingerprint density at radius 2 is 2.45 bits per heavy atom. The lowest BCUT2D eigenvalue weighted by atomic mass is 9.83. The molecule has 1 saturated heterocycles. The van der Waals surface area contributed by atoms with Crippen LogP contribution in [0.4, 0.5) is 5.82 Å². The van der Waals surface area contributed by atoms with Crippen molar-refractivity contribution in [1.29, 1.82) is 0 Å². The Morgan fingerprint density at radius 1 is 1.65 bits per heavy atom. The average Bonchev–Trinajstić information content (AvgIpc) is 2.82. The number of rotatable bonds is 5. The molecule has 1 aromatic rings. The molecule has 1 aliphatic heterocycles. The van der Waals surface area contributed by atoms with E-state index >= 15 is 0 Å². The Hall–Kier alpha value is -1.40. The van der Waals surface area contributed by atoms with Crippen LogP contribution >= 0.6 is 0 Å². The first-order valence-electron chi connectivity index (χ1n) is 7.07. The molecule has 1 aliphatic rings. The molecule has 2 rings (SSSR count). The summed E-state index contributed by atoms with van der Waals surface area (Å²) < 4.78 is 4.90. The van der Waals surface area contributed by atoms with Gasteiger partial charge in [-0.05, 0) is 26.3 Å². The smallest absolute Gasteiger partial charge is 0.226 e. The fourth-order valence-corrected chi connectivity index (χ4v) is 2.64. The van der Waals surface area contributed by atoms with Gasteiger partial charge in [-0.1, -0.05) is 12.1 Å². The number of nitrogens with zero attached hydrogens (tertiary/aromatic N) is 2. The van der Waals surface area contributed by atoms with E-state index in [1.165, 1.54) is 0 Å². The van der Waals surface area contributed by atoms with E-state index in [0.29, 0.717) is 24.5 Å². The van der Waals surface area contributed by atoms with Gasteiger partial charge >= 0.3 is 0 Å². The number of carbonyl (C=O) groups is 1. The molecule has 6 nitrogen and oxygen atoms in total. The van der Waals surface area contributed by atoms with Crippen LogP contribution in [-0.4, -0.2) is 47.3 Å². The number of aliphatic hydroxyl groups is 1. The topological polar surface area (TPSA) is 78.6 Å². The van der Waals surface area contributed by atoms with Gasteiger partial charge in [-0.15, -0.1) is 0 Å². The lowest BCUT2D eigenvalue weighted by Gasteiger charge is -2.39. The van der Waals surface area contributed by atoms with Crippen molar-refractivity contribution in [2.45, 2.75) is 33.1 Å². The van der Waals surface area contributed by atoms with E-state index in [1.807, 2.05) is 0 Å². The Labute approximate surface area is 119 Å². The number of anilines is 1. The molecule has 0 aliphatic carbocycles. The summed E-state index contributed by atoms with van der Waals surface area (Å²) in [5.74, 6) is 1.08. The monoisotopic (exact) mass is 281 g/mol. The fourth-order valence-electron chi connectivity index (χ4n) is 2.64. The van der Waals surface area contributed by atoms with Crippen LogP contribution in [0.3, 0.4) is 0 Å². The maximum absolute atomic E-state index is 11.8. The zero-order valence-corrected chi connectivity index (χ0v) is 12.2. The highest BCUT2D eigenvalue weighted by atomic mass is 16.5. The minimum absolute atomic E-state index is 0.0298. The maximum atomic E-state index is 11.8. The van der Waals surface area contributed by atoms with Crippen LogP contribution in [0.15, 0.2) is 10.6 Å². The first kappa shape index (κ1) is 15.0. The summed E-state index contributed by atoms with van der Waals surface area (Å²) in [5.41, 5.74) is -0.0298. The van der Waals surface area contributed by atoms with Crippen molar-refractivity contribution in [1.82, 2.24) is 10.1 Å². The summed E-state index contributed by atoms with van der Waals surface area (Å²) in [4.78, 5) is 14.1. The molecule has 1 unspecified atom stereocenters. The number of aryl methyl sites for hydroxylation is 1. The van der Waals surface area contributed by atoms with Crippen molar-refractivity contribution in [3.63, 3.8) is 0 Å². The third-order valence-electron chi connectivity index (χ3n) is 3.79. The first-order valence-corrected chi connectivity index (χ1v) is 7.07. The van der Waals surface area contributed by atoms with Gasteiger partial charge in [-0.2, -0.15) is 0 Å². The summed E-state index contributed by atoms with van der Waals surface area (Å²) in [6.07, 6.45) is 2.54. The standard InChI is InChI=1S/C14H23N3O3/c1-11-8-12(16-20-11)15-13(19)4-7-17-6-3-5-14(2,9-17)10-18/h8,18H,3-7,9-10H2,1-2H3,(H,15,16,19). The SMILES string of the molecule is Cc1cc(NC(=O)CCN2CCCC(C)(CO)C2)no1. The predicted molar refractivity (Wildman–Crippen MR) is 75.4 cm³/mol. The lowest BCUT2D eigenvalue weighted by Crippen LogP contribution is -2.44. The Bertz CT molecular complexity index is 460. The number of amides is 1. The van der Waals surface area contributed by atoms with Gasteiger partial charge in [0.15, 0.2) is 5.82 Å². The van der Waals surface area contributed by atoms with Crippen LogP contribution in [0.5, 0.6) is 0 Å². The third kappa shape index (κ3) is 4.05. The van der Waals surface area contributed by atoms with Crippen LogP contribution in [-0.2, 0) is 4.79 Å². The van der Waals surface area contributed by atoms with E-state index in [1.54, 1.807) is 13.0 Å². The Kier molecular flexibility index (Phi) is 4.77. The molecular weight excluding hydrogens is 258 g/mol. The number of likely N-dealkylation sites (tertiary alicyclic amines) is 1.